The number of hydroxylamine groups is 2. The molecule has 0 unspecified atom stereocenters. The van der Waals surface area contributed by atoms with Gasteiger partial charge in [-0.3, -0.25) is 30.1 Å². The summed E-state index contributed by atoms with van der Waals surface area (Å²) in [6, 6.07) is 7.01. The number of carbonyl (C=O) groups excluding carboxylic acids is 5. The number of carbonyl (C=O) groups is 5. The van der Waals surface area contributed by atoms with Gasteiger partial charge < -0.3 is 9.64 Å². The Morgan fingerprint density at radius 2 is 1.64 bits per heavy atom. The molecule has 0 aromatic heterocycles. The standard InChI is InChI=1S/C24H31N5O7/c1-24(2,3)36-23(34)28-18(11-12-19(28)30)21(32)26-25-20(31)17-10-9-16-13-27(17)22(33)29(16)35-14-15-7-5-4-6-8-15/h4-8,16-18H,9-14H2,1-3H3,(H,25,31)(H,26,32)/t16-,17+,18-/m1/s1. The molecule has 36 heavy (non-hydrogen) atoms. The predicted molar refractivity (Wildman–Crippen MR) is 124 cm³/mol. The highest BCUT2D eigenvalue weighted by Gasteiger charge is 2.48. The summed E-state index contributed by atoms with van der Waals surface area (Å²) in [4.78, 5) is 71.0. The molecule has 6 amide bonds. The van der Waals surface area contributed by atoms with E-state index in [0.717, 1.165) is 10.5 Å². The van der Waals surface area contributed by atoms with Gasteiger partial charge in [0.15, 0.2) is 0 Å². The van der Waals surface area contributed by atoms with Crippen molar-refractivity contribution in [2.24, 2.45) is 0 Å². The highest BCUT2D eigenvalue weighted by molar-refractivity contribution is 6.01. The Morgan fingerprint density at radius 1 is 0.972 bits per heavy atom. The summed E-state index contributed by atoms with van der Waals surface area (Å²) in [6.07, 6.45) is 0.176. The number of amides is 6. The Bertz CT molecular complexity index is 1040. The smallest absolute Gasteiger partial charge is 0.417 e. The Labute approximate surface area is 208 Å². The zero-order valence-electron chi connectivity index (χ0n) is 20.6. The second-order valence-electron chi connectivity index (χ2n) is 10.0. The lowest BCUT2D eigenvalue weighted by Gasteiger charge is -2.30. The van der Waals surface area contributed by atoms with Gasteiger partial charge in [-0.2, -0.15) is 5.06 Å². The number of imide groups is 1. The van der Waals surface area contributed by atoms with Crippen LogP contribution < -0.4 is 10.9 Å². The van der Waals surface area contributed by atoms with E-state index in [0.29, 0.717) is 19.4 Å². The molecule has 2 bridgehead atoms. The number of ether oxygens (including phenoxy) is 1. The number of nitrogens with one attached hydrogen (secondary N) is 2. The van der Waals surface area contributed by atoms with Gasteiger partial charge in [0.2, 0.25) is 5.91 Å². The van der Waals surface area contributed by atoms with E-state index in [-0.39, 0.29) is 25.5 Å². The second-order valence-corrected chi connectivity index (χ2v) is 10.0. The molecular formula is C24H31N5O7. The minimum absolute atomic E-state index is 0.0103. The first-order valence-corrected chi connectivity index (χ1v) is 12.0. The highest BCUT2D eigenvalue weighted by atomic mass is 16.7. The monoisotopic (exact) mass is 501 g/mol. The molecule has 12 nitrogen and oxygen atoms in total. The molecule has 3 fully saturated rings. The lowest BCUT2D eigenvalue weighted by atomic mass is 10.0. The van der Waals surface area contributed by atoms with Crippen molar-refractivity contribution in [1.29, 1.82) is 0 Å². The summed E-state index contributed by atoms with van der Waals surface area (Å²) in [5, 5.41) is 1.32. The molecular weight excluding hydrogens is 470 g/mol. The first kappa shape index (κ1) is 25.4. The maximum Gasteiger partial charge on any atom is 0.417 e. The molecule has 3 aliphatic heterocycles. The van der Waals surface area contributed by atoms with Gasteiger partial charge in [0.1, 0.15) is 24.3 Å². The van der Waals surface area contributed by atoms with E-state index in [1.54, 1.807) is 20.8 Å². The molecule has 3 saturated heterocycles. The highest BCUT2D eigenvalue weighted by Crippen LogP contribution is 2.30. The molecule has 3 atom stereocenters. The SMILES string of the molecule is CC(C)(C)OC(=O)N1C(=O)CC[C@@H]1C(=O)NNC(=O)[C@@H]1CC[C@@H]2CN1C(=O)N2OCc1ccccc1. The maximum absolute atomic E-state index is 12.9. The maximum atomic E-state index is 12.9. The minimum atomic E-state index is -1.10. The molecule has 1 aromatic rings. The summed E-state index contributed by atoms with van der Waals surface area (Å²) in [5.41, 5.74) is 4.73. The molecule has 1 aromatic carbocycles. The molecule has 0 spiro atoms. The number of likely N-dealkylation sites (tertiary alicyclic amines) is 1. The van der Waals surface area contributed by atoms with Crippen molar-refractivity contribution in [2.45, 2.75) is 76.8 Å². The summed E-state index contributed by atoms with van der Waals surface area (Å²) >= 11 is 0. The molecule has 0 radical (unpaired) electrons. The van der Waals surface area contributed by atoms with Gasteiger partial charge in [-0.15, -0.1) is 0 Å². The van der Waals surface area contributed by atoms with Gasteiger partial charge in [0, 0.05) is 13.0 Å². The van der Waals surface area contributed by atoms with Gasteiger partial charge in [-0.25, -0.2) is 14.5 Å². The van der Waals surface area contributed by atoms with E-state index in [9.17, 15) is 24.0 Å². The Morgan fingerprint density at radius 3 is 2.31 bits per heavy atom. The van der Waals surface area contributed by atoms with Gasteiger partial charge in [-0.05, 0) is 45.6 Å². The number of hydrogen-bond acceptors (Lipinski definition) is 7. The van der Waals surface area contributed by atoms with Crippen LogP contribution in [0.4, 0.5) is 9.59 Å². The van der Waals surface area contributed by atoms with Crippen LogP contribution in [0.3, 0.4) is 0 Å². The van der Waals surface area contributed by atoms with Crippen molar-refractivity contribution < 1.29 is 33.5 Å². The van der Waals surface area contributed by atoms with Crippen molar-refractivity contribution in [3.63, 3.8) is 0 Å². The average molecular weight is 502 g/mol. The number of rotatable bonds is 5. The van der Waals surface area contributed by atoms with Crippen LogP contribution in [0.25, 0.3) is 0 Å². The van der Waals surface area contributed by atoms with E-state index in [1.165, 1.54) is 9.96 Å². The van der Waals surface area contributed by atoms with Crippen LogP contribution in [0.2, 0.25) is 0 Å². The molecule has 4 rings (SSSR count). The minimum Gasteiger partial charge on any atom is -0.443 e. The Hall–Kier alpha value is -3.67. The molecule has 12 heteroatoms. The summed E-state index contributed by atoms with van der Waals surface area (Å²) < 4.78 is 5.23. The third-order valence-electron chi connectivity index (χ3n) is 6.25. The van der Waals surface area contributed by atoms with E-state index < -0.39 is 47.5 Å². The number of fused-ring (bicyclic) bond motifs is 2. The number of hydrazine groups is 1. The second kappa shape index (κ2) is 10.1. The van der Waals surface area contributed by atoms with Gasteiger partial charge in [0.05, 0.1) is 6.04 Å². The number of hydrogen-bond donors (Lipinski definition) is 2. The third kappa shape index (κ3) is 5.43. The molecule has 3 aliphatic rings. The third-order valence-corrected chi connectivity index (χ3v) is 6.25. The lowest BCUT2D eigenvalue weighted by Crippen LogP contribution is -2.57. The average Bonchev–Trinajstić information content (AvgIpc) is 3.33. The largest absolute Gasteiger partial charge is 0.443 e. The zero-order chi connectivity index (χ0) is 26.0. The van der Waals surface area contributed by atoms with Crippen LogP contribution in [0.15, 0.2) is 30.3 Å². The quantitative estimate of drug-likeness (QED) is 0.583. The van der Waals surface area contributed by atoms with E-state index in [1.807, 2.05) is 30.3 Å². The number of piperidine rings is 1. The molecule has 3 heterocycles. The zero-order valence-corrected chi connectivity index (χ0v) is 20.6. The molecule has 0 aliphatic carbocycles. The summed E-state index contributed by atoms with van der Waals surface area (Å²) in [6.45, 7) is 5.54. The van der Waals surface area contributed by atoms with Crippen LogP contribution in [0.5, 0.6) is 0 Å². The van der Waals surface area contributed by atoms with Crippen molar-refractivity contribution in [3.8, 4) is 0 Å². The fourth-order valence-corrected chi connectivity index (χ4v) is 4.55. The van der Waals surface area contributed by atoms with Gasteiger partial charge in [-0.1, -0.05) is 30.3 Å². The number of urea groups is 1. The molecule has 194 valence electrons. The Balaban J connectivity index is 1.31. The van der Waals surface area contributed by atoms with Crippen LogP contribution in [0, 0.1) is 0 Å². The van der Waals surface area contributed by atoms with Crippen molar-refractivity contribution in [2.75, 3.05) is 6.54 Å². The van der Waals surface area contributed by atoms with Crippen molar-refractivity contribution in [3.05, 3.63) is 35.9 Å². The predicted octanol–water partition coefficient (Wildman–Crippen LogP) is 1.46. The van der Waals surface area contributed by atoms with Crippen LogP contribution in [0.1, 0.15) is 52.0 Å². The van der Waals surface area contributed by atoms with E-state index in [4.69, 9.17) is 9.57 Å². The Kier molecular flexibility index (Phi) is 7.16. The first-order chi connectivity index (χ1) is 17.0. The fourth-order valence-electron chi connectivity index (χ4n) is 4.55. The lowest BCUT2D eigenvalue weighted by molar-refractivity contribution is -0.140. The first-order valence-electron chi connectivity index (χ1n) is 12.0. The van der Waals surface area contributed by atoms with Gasteiger partial charge in [0.25, 0.3) is 11.8 Å². The molecule has 0 saturated carbocycles. The van der Waals surface area contributed by atoms with E-state index >= 15 is 0 Å². The number of benzene rings is 1. The summed E-state index contributed by atoms with van der Waals surface area (Å²) in [5.74, 6) is -1.80. The summed E-state index contributed by atoms with van der Waals surface area (Å²) in [7, 11) is 0. The van der Waals surface area contributed by atoms with Crippen molar-refractivity contribution >= 4 is 29.8 Å². The van der Waals surface area contributed by atoms with Crippen LogP contribution in [-0.2, 0) is 30.6 Å². The van der Waals surface area contributed by atoms with Crippen LogP contribution in [-0.4, -0.2) is 75.0 Å². The van der Waals surface area contributed by atoms with Gasteiger partial charge >= 0.3 is 12.1 Å². The fraction of sp³-hybridized carbons (Fsp3) is 0.542. The topological polar surface area (TPSA) is 138 Å². The number of nitrogens with zero attached hydrogens (tertiary/aromatic N) is 3. The van der Waals surface area contributed by atoms with E-state index in [2.05, 4.69) is 10.9 Å². The van der Waals surface area contributed by atoms with Crippen molar-refractivity contribution in [1.82, 2.24) is 25.7 Å². The normalized spacial score (nSPS) is 23.6. The van der Waals surface area contributed by atoms with Crippen LogP contribution >= 0.6 is 0 Å². The molecule has 2 N–H and O–H groups in total.